The molecule has 9 heteroatoms. The van der Waals surface area contributed by atoms with Gasteiger partial charge in [0.2, 0.25) is 0 Å². The zero-order valence-electron chi connectivity index (χ0n) is 44.1. The number of fused-ring (bicyclic) bond motifs is 4. The second-order valence-corrected chi connectivity index (χ2v) is 24.3. The van der Waals surface area contributed by atoms with E-state index in [9.17, 15) is 5.11 Å². The Balaban J connectivity index is 0.000000151. The summed E-state index contributed by atoms with van der Waals surface area (Å²) in [5, 5.41) is 27.4. The Morgan fingerprint density at radius 2 is 0.883 bits per heavy atom. The summed E-state index contributed by atoms with van der Waals surface area (Å²) in [5.74, 6) is 1.09. The van der Waals surface area contributed by atoms with Gasteiger partial charge in [-0.1, -0.05) is 199 Å². The van der Waals surface area contributed by atoms with Gasteiger partial charge in [-0.15, -0.1) is 22.7 Å². The van der Waals surface area contributed by atoms with Crippen LogP contribution in [0.5, 0.6) is 11.5 Å². The Hall–Kier alpha value is -6.98. The molecule has 0 spiro atoms. The molecule has 0 radical (unpaired) electrons. The number of hydrogen-bond donors (Lipinski definition) is 1. The quantitative estimate of drug-likeness (QED) is 0.121. The number of nitrogens with zero attached hydrogens (tertiary/aromatic N) is 2. The molecule has 0 fully saturated rings. The lowest BCUT2D eigenvalue weighted by atomic mass is 9.83. The molecular formula is C68H60Br2N2O3S2. The van der Waals surface area contributed by atoms with E-state index in [1.165, 1.54) is 59.8 Å². The first-order valence-corrected chi connectivity index (χ1v) is 28.8. The average Bonchev–Trinajstić information content (AvgIpc) is 4.13. The minimum absolute atomic E-state index is 0. The summed E-state index contributed by atoms with van der Waals surface area (Å²) in [4.78, 5) is 9.74. The van der Waals surface area contributed by atoms with Crippen LogP contribution in [0.2, 0.25) is 0 Å². The van der Waals surface area contributed by atoms with Gasteiger partial charge in [0.1, 0.15) is 26.1 Å². The second-order valence-electron chi connectivity index (χ2n) is 20.9. The molecule has 77 heavy (non-hydrogen) atoms. The van der Waals surface area contributed by atoms with Gasteiger partial charge in [-0.2, -0.15) is 0 Å². The Labute approximate surface area is 477 Å². The van der Waals surface area contributed by atoms with Crippen LogP contribution in [0.25, 0.3) is 97.7 Å². The largest absolute Gasteiger partial charge is 0.507 e. The van der Waals surface area contributed by atoms with Gasteiger partial charge in [-0.05, 0) is 144 Å². The number of halogens is 2. The molecule has 1 N–H and O–H groups in total. The first-order valence-electron chi connectivity index (χ1n) is 25.5. The summed E-state index contributed by atoms with van der Waals surface area (Å²) in [5.41, 5.74) is 10.4. The normalized spacial score (nSPS) is 11.6. The second kappa shape index (κ2) is 22.9. The van der Waals surface area contributed by atoms with Gasteiger partial charge in [-0.3, -0.25) is 0 Å². The summed E-state index contributed by atoms with van der Waals surface area (Å²) in [6.45, 7) is 13.5. The van der Waals surface area contributed by atoms with Gasteiger partial charge in [-0.25, -0.2) is 9.97 Å². The minimum atomic E-state index is -0.0728. The fourth-order valence-electron chi connectivity index (χ4n) is 9.59. The smallest absolute Gasteiger partial charge is 0.188 e. The lowest BCUT2D eigenvalue weighted by molar-refractivity contribution is 0.0510. The third-order valence-electron chi connectivity index (χ3n) is 13.6. The van der Waals surface area contributed by atoms with Gasteiger partial charge >= 0.3 is 0 Å². The number of ether oxygens (including phenoxy) is 2. The van der Waals surface area contributed by atoms with Gasteiger partial charge in [0.25, 0.3) is 0 Å². The number of phenols is 1. The summed E-state index contributed by atoms with van der Waals surface area (Å²) in [7, 11) is 1.62. The molecule has 386 valence electrons. The Kier molecular flexibility index (Phi) is 15.9. The lowest BCUT2D eigenvalue weighted by Crippen LogP contribution is -2.12. The maximum absolute atomic E-state index is 11.5. The highest BCUT2D eigenvalue weighted by atomic mass is 79.9. The van der Waals surface area contributed by atoms with E-state index >= 15 is 0 Å². The van der Waals surface area contributed by atoms with Crippen molar-refractivity contribution in [3.63, 3.8) is 0 Å². The molecule has 0 aliphatic heterocycles. The van der Waals surface area contributed by atoms with Crippen molar-refractivity contribution in [3.8, 4) is 66.2 Å². The Bertz CT molecular complexity index is 3940. The van der Waals surface area contributed by atoms with Gasteiger partial charge in [0.15, 0.2) is 6.79 Å². The van der Waals surface area contributed by atoms with Crippen LogP contribution in [0, 0.1) is 0 Å². The minimum Gasteiger partial charge on any atom is -0.507 e. The van der Waals surface area contributed by atoms with Crippen LogP contribution in [0.3, 0.4) is 0 Å². The number of aromatic hydroxyl groups is 1. The molecule has 5 nitrogen and oxygen atoms in total. The van der Waals surface area contributed by atoms with Crippen LogP contribution in [-0.2, 0) is 15.6 Å². The summed E-state index contributed by atoms with van der Waals surface area (Å²) < 4.78 is 12.7. The van der Waals surface area contributed by atoms with Crippen molar-refractivity contribution in [3.05, 3.63) is 225 Å². The first-order chi connectivity index (χ1) is 37.2. The van der Waals surface area contributed by atoms with Crippen molar-refractivity contribution < 1.29 is 16.0 Å². The maximum Gasteiger partial charge on any atom is 0.188 e. The Morgan fingerprint density at radius 1 is 0.481 bits per heavy atom. The zero-order chi connectivity index (χ0) is 53.8. The fourth-order valence-corrected chi connectivity index (χ4v) is 12.4. The average molecular weight is 1180 g/mol. The molecule has 10 aromatic carbocycles. The number of thiazole rings is 2. The molecule has 0 saturated carbocycles. The highest BCUT2D eigenvalue weighted by Gasteiger charge is 2.24. The molecule has 0 atom stereocenters. The molecule has 0 aliphatic carbocycles. The van der Waals surface area contributed by atoms with Crippen LogP contribution in [0.1, 0.15) is 54.1 Å². The standard InChI is InChI=1S/C33H27NOS.C18H21BrO2.C17H10BrNS.H2/c1-33(2,3)24-18-27(21-11-5-4-6-12-21)31(35)28(19-24)29-20-36-32(34-29)30-25-15-9-7-13-22(25)17-23-14-8-10-16-26(23)30;1-18(2,3)14-10-15(13-8-6-5-7-9-13)17(16(19)11-14)21-12-20-4;18-15-10-20-17(19-15)16-13-7-3-1-5-11(13)9-12-6-2-4-8-14(12)16;/h4-20,35H,1-3H3;5-11H,12H2,1-4H3;1-10H;1H/i;;;1+1. The SMILES string of the molecule is Brc1csc(-c2c3ccccc3cc3ccccc23)n1.CC(C)(C)c1cc(-c2ccccc2)c(O)c(-c2csc(-c3c4ccccc4cc4ccccc34)n2)c1.COCOc1c(Br)cc(C(C)(C)C)cc1-c1ccccc1.[2HH]. The van der Waals surface area contributed by atoms with Gasteiger partial charge in [0, 0.05) is 47.1 Å². The molecule has 0 bridgehead atoms. The molecule has 12 rings (SSSR count). The highest BCUT2D eigenvalue weighted by Crippen LogP contribution is 2.46. The predicted octanol–water partition coefficient (Wildman–Crippen LogP) is 21.0. The molecule has 0 aliphatic rings. The van der Waals surface area contributed by atoms with Crippen molar-refractivity contribution in [1.29, 1.82) is 0 Å². The van der Waals surface area contributed by atoms with Crippen molar-refractivity contribution in [2.75, 3.05) is 13.9 Å². The van der Waals surface area contributed by atoms with Crippen molar-refractivity contribution in [2.24, 2.45) is 0 Å². The molecule has 0 saturated heterocycles. The third-order valence-corrected chi connectivity index (χ3v) is 16.6. The topological polar surface area (TPSA) is 64.5 Å². The molecule has 2 aromatic heterocycles. The van der Waals surface area contributed by atoms with E-state index in [0.717, 1.165) is 63.9 Å². The van der Waals surface area contributed by atoms with E-state index in [1.54, 1.807) is 29.8 Å². The van der Waals surface area contributed by atoms with Crippen LogP contribution in [-0.4, -0.2) is 29.0 Å². The predicted molar refractivity (Wildman–Crippen MR) is 337 cm³/mol. The van der Waals surface area contributed by atoms with E-state index in [0.29, 0.717) is 0 Å². The fraction of sp³-hybridized carbons (Fsp3) is 0.147. The zero-order valence-corrected chi connectivity index (χ0v) is 48.9. The number of phenolic OH excluding ortho intramolecular Hbond substituents is 1. The van der Waals surface area contributed by atoms with Crippen LogP contribution in [0.4, 0.5) is 0 Å². The third kappa shape index (κ3) is 11.7. The van der Waals surface area contributed by atoms with Crippen LogP contribution < -0.4 is 4.74 Å². The molecule has 12 aromatic rings. The van der Waals surface area contributed by atoms with E-state index in [2.05, 4.69) is 229 Å². The van der Waals surface area contributed by atoms with E-state index in [1.807, 2.05) is 53.9 Å². The first kappa shape index (κ1) is 53.4. The summed E-state index contributed by atoms with van der Waals surface area (Å²) in [6.07, 6.45) is 0. The number of rotatable bonds is 8. The number of hydrogen-bond acceptors (Lipinski definition) is 7. The molecule has 0 amide bonds. The van der Waals surface area contributed by atoms with Crippen molar-refractivity contribution in [1.82, 2.24) is 9.97 Å². The monoisotopic (exact) mass is 1180 g/mol. The number of methoxy groups -OCH3 is 1. The van der Waals surface area contributed by atoms with Gasteiger partial charge < -0.3 is 14.6 Å². The van der Waals surface area contributed by atoms with Crippen molar-refractivity contribution in [2.45, 2.75) is 52.4 Å². The van der Waals surface area contributed by atoms with E-state index in [4.69, 9.17) is 14.5 Å². The molecule has 2 heterocycles. The lowest BCUT2D eigenvalue weighted by Gasteiger charge is -2.23. The van der Waals surface area contributed by atoms with Crippen LogP contribution >= 0.6 is 54.5 Å². The number of benzene rings is 10. The highest BCUT2D eigenvalue weighted by molar-refractivity contribution is 9.10. The van der Waals surface area contributed by atoms with E-state index in [-0.39, 0.29) is 24.8 Å². The van der Waals surface area contributed by atoms with E-state index < -0.39 is 0 Å². The summed E-state index contributed by atoms with van der Waals surface area (Å²) >= 11 is 10.4. The maximum atomic E-state index is 11.5. The van der Waals surface area contributed by atoms with Crippen LogP contribution in [0.15, 0.2) is 214 Å². The summed E-state index contributed by atoms with van der Waals surface area (Å²) in [6, 6.07) is 67.4. The Morgan fingerprint density at radius 3 is 1.34 bits per heavy atom. The molecule has 0 unspecified atom stereocenters. The van der Waals surface area contributed by atoms with Gasteiger partial charge in [0.05, 0.1) is 10.2 Å². The molecular weight excluding hydrogens is 1120 g/mol. The van der Waals surface area contributed by atoms with Crippen molar-refractivity contribution >= 4 is 97.6 Å². The number of aromatic nitrogens is 2.